The van der Waals surface area contributed by atoms with Crippen molar-refractivity contribution in [3.8, 4) is 0 Å². The van der Waals surface area contributed by atoms with Crippen LogP contribution in [0.4, 0.5) is 0 Å². The van der Waals surface area contributed by atoms with Gasteiger partial charge in [-0.25, -0.2) is 0 Å². The van der Waals surface area contributed by atoms with Crippen molar-refractivity contribution < 1.29 is 14.1 Å². The van der Waals surface area contributed by atoms with Crippen LogP contribution in [0.2, 0.25) is 0 Å². The number of hydrogen-bond acceptors (Lipinski definition) is 3. The minimum absolute atomic E-state index is 0.153. The lowest BCUT2D eigenvalue weighted by Crippen LogP contribution is -2.28. The number of benzene rings is 3. The van der Waals surface area contributed by atoms with Crippen LogP contribution in [-0.4, -0.2) is 11.6 Å². The van der Waals surface area contributed by atoms with E-state index in [1.54, 1.807) is 0 Å². The molecule has 4 rings (SSSR count). The van der Waals surface area contributed by atoms with Crippen LogP contribution in [0.5, 0.6) is 0 Å². The van der Waals surface area contributed by atoms with E-state index < -0.39 is 18.9 Å². The summed E-state index contributed by atoms with van der Waals surface area (Å²) in [4.78, 5) is 12.2. The molecule has 0 aromatic heterocycles. The number of hydrogen-bond donors (Lipinski definition) is 0. The Bertz CT molecular complexity index is 895. The standard InChI is InChI=1S/C22H19O3P/c23-21-16-20(22(25-21)17-10-4-1-5-11-17)26(24,18-12-6-2-7-13-18)19-14-8-3-9-15-19/h1-15,20,22H,16H2. The molecule has 3 nitrogen and oxygen atoms in total. The van der Waals surface area contributed by atoms with Gasteiger partial charge in [-0.15, -0.1) is 0 Å². The van der Waals surface area contributed by atoms with Crippen LogP contribution in [0, 0.1) is 0 Å². The van der Waals surface area contributed by atoms with Gasteiger partial charge in [-0.3, -0.25) is 4.79 Å². The minimum atomic E-state index is -3.08. The Kier molecular flexibility index (Phi) is 4.48. The zero-order chi connectivity index (χ0) is 18.0. The summed E-state index contributed by atoms with van der Waals surface area (Å²) in [5, 5.41) is 1.52. The van der Waals surface area contributed by atoms with Gasteiger partial charge >= 0.3 is 5.97 Å². The fourth-order valence-corrected chi connectivity index (χ4v) is 6.94. The average Bonchev–Trinajstić information content (AvgIpc) is 3.11. The number of ether oxygens (including phenoxy) is 1. The molecule has 0 radical (unpaired) electrons. The molecule has 0 amide bonds. The molecule has 0 N–H and O–H groups in total. The summed E-state index contributed by atoms with van der Waals surface area (Å²) in [6.07, 6.45) is -0.351. The van der Waals surface area contributed by atoms with Crippen molar-refractivity contribution in [2.24, 2.45) is 0 Å². The van der Waals surface area contributed by atoms with Gasteiger partial charge in [0.1, 0.15) is 6.10 Å². The molecule has 4 heteroatoms. The lowest BCUT2D eigenvalue weighted by Gasteiger charge is -2.28. The highest BCUT2D eigenvalue weighted by atomic mass is 31.2. The summed E-state index contributed by atoms with van der Waals surface area (Å²) < 4.78 is 20.2. The second-order valence-corrected chi connectivity index (χ2v) is 9.43. The third kappa shape index (κ3) is 2.89. The van der Waals surface area contributed by atoms with Gasteiger partial charge in [0.2, 0.25) is 0 Å². The van der Waals surface area contributed by atoms with Crippen molar-refractivity contribution >= 4 is 23.7 Å². The number of rotatable bonds is 4. The SMILES string of the molecule is O=C1CC(P(=O)(c2ccccc2)c2ccccc2)C(c2ccccc2)O1. The smallest absolute Gasteiger partial charge is 0.307 e. The van der Waals surface area contributed by atoms with Crippen molar-refractivity contribution in [3.63, 3.8) is 0 Å². The van der Waals surface area contributed by atoms with Gasteiger partial charge in [-0.1, -0.05) is 91.0 Å². The molecule has 1 aliphatic heterocycles. The van der Waals surface area contributed by atoms with Gasteiger partial charge in [0.25, 0.3) is 0 Å². The highest BCUT2D eigenvalue weighted by molar-refractivity contribution is 7.79. The average molecular weight is 362 g/mol. The Morgan fingerprint density at radius 1 is 0.731 bits per heavy atom. The molecule has 1 heterocycles. The maximum absolute atomic E-state index is 14.5. The molecule has 3 aromatic rings. The first-order chi connectivity index (χ1) is 12.7. The van der Waals surface area contributed by atoms with Crippen molar-refractivity contribution in [1.29, 1.82) is 0 Å². The van der Waals surface area contributed by atoms with E-state index in [4.69, 9.17) is 4.74 Å². The fourth-order valence-electron chi connectivity index (χ4n) is 3.63. The first kappa shape index (κ1) is 16.8. The molecule has 26 heavy (non-hydrogen) atoms. The van der Waals surface area contributed by atoms with Crippen LogP contribution in [-0.2, 0) is 14.1 Å². The topological polar surface area (TPSA) is 43.4 Å². The Morgan fingerprint density at radius 2 is 1.19 bits per heavy atom. The van der Waals surface area contributed by atoms with E-state index >= 15 is 0 Å². The van der Waals surface area contributed by atoms with E-state index in [0.29, 0.717) is 0 Å². The van der Waals surface area contributed by atoms with Crippen molar-refractivity contribution in [2.75, 3.05) is 0 Å². The first-order valence-electron chi connectivity index (χ1n) is 8.65. The molecule has 0 saturated carbocycles. The molecular weight excluding hydrogens is 343 g/mol. The molecule has 2 atom stereocenters. The van der Waals surface area contributed by atoms with Gasteiger partial charge in [0.05, 0.1) is 12.1 Å². The Hall–Kier alpha value is -2.64. The molecule has 130 valence electrons. The van der Waals surface area contributed by atoms with Gasteiger partial charge in [0, 0.05) is 10.6 Å². The molecule has 0 spiro atoms. The summed E-state index contributed by atoms with van der Waals surface area (Å²) >= 11 is 0. The van der Waals surface area contributed by atoms with E-state index in [9.17, 15) is 9.36 Å². The lowest BCUT2D eigenvalue weighted by molar-refractivity contribution is -0.141. The molecule has 2 unspecified atom stereocenters. The third-order valence-electron chi connectivity index (χ3n) is 4.86. The number of cyclic esters (lactones) is 1. The predicted molar refractivity (Wildman–Crippen MR) is 103 cm³/mol. The van der Waals surface area contributed by atoms with E-state index in [0.717, 1.165) is 16.2 Å². The van der Waals surface area contributed by atoms with Crippen LogP contribution in [0.15, 0.2) is 91.0 Å². The van der Waals surface area contributed by atoms with Crippen LogP contribution in [0.1, 0.15) is 18.1 Å². The summed E-state index contributed by atoms with van der Waals surface area (Å²) in [5.74, 6) is -0.295. The Labute approximate surface area is 153 Å². The molecule has 3 aromatic carbocycles. The van der Waals surface area contributed by atoms with Gasteiger partial charge in [-0.2, -0.15) is 0 Å². The maximum Gasteiger partial charge on any atom is 0.307 e. The van der Waals surface area contributed by atoms with E-state index in [1.807, 2.05) is 91.0 Å². The summed E-state index contributed by atoms with van der Waals surface area (Å²) in [5.41, 5.74) is 0.470. The van der Waals surface area contributed by atoms with Crippen LogP contribution in [0.3, 0.4) is 0 Å². The van der Waals surface area contributed by atoms with Crippen LogP contribution in [0.25, 0.3) is 0 Å². The zero-order valence-electron chi connectivity index (χ0n) is 14.2. The monoisotopic (exact) mass is 362 g/mol. The zero-order valence-corrected chi connectivity index (χ0v) is 15.1. The fraction of sp³-hybridized carbons (Fsp3) is 0.136. The Balaban J connectivity index is 1.89. The minimum Gasteiger partial charge on any atom is -0.457 e. The van der Waals surface area contributed by atoms with Gasteiger partial charge < -0.3 is 9.30 Å². The van der Waals surface area contributed by atoms with Crippen LogP contribution >= 0.6 is 7.14 Å². The predicted octanol–water partition coefficient (Wildman–Crippen LogP) is 4.06. The van der Waals surface area contributed by atoms with Gasteiger partial charge in [-0.05, 0) is 5.56 Å². The second-order valence-electron chi connectivity index (χ2n) is 6.42. The van der Waals surface area contributed by atoms with Crippen molar-refractivity contribution in [2.45, 2.75) is 18.2 Å². The molecule has 0 bridgehead atoms. The molecule has 1 aliphatic rings. The van der Waals surface area contributed by atoms with Crippen molar-refractivity contribution in [1.82, 2.24) is 0 Å². The maximum atomic E-state index is 14.5. The van der Waals surface area contributed by atoms with Crippen molar-refractivity contribution in [3.05, 3.63) is 96.6 Å². The molecule has 1 fully saturated rings. The number of carbonyl (C=O) groups excluding carboxylic acids is 1. The molecule has 1 saturated heterocycles. The second kappa shape index (κ2) is 6.93. The normalized spacial score (nSPS) is 19.9. The summed E-state index contributed by atoms with van der Waals surface area (Å²) in [7, 11) is -3.08. The van der Waals surface area contributed by atoms with E-state index in [2.05, 4.69) is 0 Å². The largest absolute Gasteiger partial charge is 0.457 e. The highest BCUT2D eigenvalue weighted by Crippen LogP contribution is 2.57. The van der Waals surface area contributed by atoms with E-state index in [1.165, 1.54) is 0 Å². The number of carbonyl (C=O) groups is 1. The highest BCUT2D eigenvalue weighted by Gasteiger charge is 2.49. The molecule has 0 aliphatic carbocycles. The number of esters is 1. The third-order valence-corrected chi connectivity index (χ3v) is 8.38. The summed E-state index contributed by atoms with van der Waals surface area (Å²) in [6.45, 7) is 0. The van der Waals surface area contributed by atoms with Gasteiger partial charge in [0.15, 0.2) is 7.14 Å². The van der Waals surface area contributed by atoms with Crippen LogP contribution < -0.4 is 10.6 Å². The molecular formula is C22H19O3P. The first-order valence-corrected chi connectivity index (χ1v) is 10.4. The summed E-state index contributed by atoms with van der Waals surface area (Å²) in [6, 6.07) is 28.5. The Morgan fingerprint density at radius 3 is 1.69 bits per heavy atom. The van der Waals surface area contributed by atoms with E-state index in [-0.39, 0.29) is 12.4 Å². The quantitative estimate of drug-likeness (QED) is 0.519. The lowest BCUT2D eigenvalue weighted by atomic mass is 10.1.